The Hall–Kier alpha value is -2.20. The molecule has 5 aliphatic carbocycles. The summed E-state index contributed by atoms with van der Waals surface area (Å²) in [6.45, 7) is 25.4. The van der Waals surface area contributed by atoms with Crippen LogP contribution in [0.5, 0.6) is 0 Å². The molecule has 306 valence electrons. The second-order valence-electron chi connectivity index (χ2n) is 20.5. The minimum atomic E-state index is -0.842. The van der Waals surface area contributed by atoms with Crippen molar-refractivity contribution in [3.63, 3.8) is 0 Å². The zero-order valence-corrected chi connectivity index (χ0v) is 35.5. The Labute approximate surface area is 320 Å². The van der Waals surface area contributed by atoms with Crippen LogP contribution in [0.2, 0.25) is 0 Å². The van der Waals surface area contributed by atoms with Gasteiger partial charge in [0, 0.05) is 24.7 Å². The number of carbonyl (C=O) groups excluding carboxylic acids is 4. The van der Waals surface area contributed by atoms with E-state index in [1.165, 1.54) is 32.1 Å². The van der Waals surface area contributed by atoms with E-state index < -0.39 is 45.1 Å². The van der Waals surface area contributed by atoms with Crippen molar-refractivity contribution < 1.29 is 48.3 Å². The first-order chi connectivity index (χ1) is 24.1. The molecule has 0 radical (unpaired) electrons. The largest absolute Gasteiger partial charge is 0.462 e. The number of ether oxygens (including phenoxy) is 4. The summed E-state index contributed by atoms with van der Waals surface area (Å²) in [5, 5.41) is 21.3. The highest BCUT2D eigenvalue weighted by Gasteiger charge is 2.65. The second-order valence-corrected chi connectivity index (χ2v) is 20.5. The van der Waals surface area contributed by atoms with Crippen LogP contribution in [0.25, 0.3) is 0 Å². The van der Waals surface area contributed by atoms with Crippen LogP contribution in [0.3, 0.4) is 0 Å². The average Bonchev–Trinajstić information content (AvgIpc) is 3.30. The first-order valence-electron chi connectivity index (χ1n) is 20.4. The number of hydrogen-bond donors (Lipinski definition) is 2. The molecule has 0 aromatic heterocycles. The van der Waals surface area contributed by atoms with Crippen molar-refractivity contribution in [1.82, 2.24) is 0 Å². The number of aliphatic hydroxyl groups is 2. The molecule has 0 amide bonds. The summed E-state index contributed by atoms with van der Waals surface area (Å²) in [7, 11) is 0. The molecule has 1 heterocycles. The van der Waals surface area contributed by atoms with Crippen LogP contribution in [-0.4, -0.2) is 69.2 Å². The highest BCUT2D eigenvalue weighted by molar-refractivity contribution is 5.83. The second kappa shape index (κ2) is 16.1. The van der Waals surface area contributed by atoms with Crippen molar-refractivity contribution in [2.75, 3.05) is 6.61 Å². The van der Waals surface area contributed by atoms with Crippen LogP contribution in [0.15, 0.2) is 0 Å². The van der Waals surface area contributed by atoms with Gasteiger partial charge in [-0.25, -0.2) is 4.79 Å². The number of hydrogen-bond acceptors (Lipinski definition) is 10. The van der Waals surface area contributed by atoms with Crippen LogP contribution in [0.1, 0.15) is 180 Å². The van der Waals surface area contributed by atoms with E-state index in [2.05, 4.69) is 13.8 Å². The lowest BCUT2D eigenvalue weighted by Gasteiger charge is -2.62. The van der Waals surface area contributed by atoms with Gasteiger partial charge >= 0.3 is 23.9 Å². The maximum Gasteiger partial charge on any atom is 0.348 e. The Morgan fingerprint density at radius 3 is 1.62 bits per heavy atom. The third-order valence-electron chi connectivity index (χ3n) is 13.3. The molecular weight excluding hydrogens is 676 g/mol. The molecule has 6 fully saturated rings. The van der Waals surface area contributed by atoms with E-state index in [1.807, 2.05) is 76.2 Å². The van der Waals surface area contributed by atoms with E-state index in [0.29, 0.717) is 38.2 Å². The number of esters is 4. The van der Waals surface area contributed by atoms with Gasteiger partial charge in [-0.15, -0.1) is 0 Å². The maximum absolute atomic E-state index is 12.4. The van der Waals surface area contributed by atoms with Gasteiger partial charge < -0.3 is 29.2 Å². The molecule has 6 rings (SSSR count). The lowest BCUT2D eigenvalue weighted by Crippen LogP contribution is -2.67. The zero-order valence-electron chi connectivity index (χ0n) is 35.5. The summed E-state index contributed by atoms with van der Waals surface area (Å²) < 4.78 is 21.9. The number of cyclic esters (lactones) is 1. The highest BCUT2D eigenvalue weighted by atomic mass is 16.6. The molecule has 10 heteroatoms. The van der Waals surface area contributed by atoms with E-state index in [-0.39, 0.29) is 34.8 Å². The van der Waals surface area contributed by atoms with Gasteiger partial charge in [0.1, 0.15) is 17.8 Å². The van der Waals surface area contributed by atoms with Crippen LogP contribution < -0.4 is 0 Å². The molecule has 5 saturated carbocycles. The molecule has 10 nitrogen and oxygen atoms in total. The maximum atomic E-state index is 12.4. The van der Waals surface area contributed by atoms with Gasteiger partial charge in [0.2, 0.25) is 6.10 Å². The van der Waals surface area contributed by atoms with Crippen molar-refractivity contribution in [2.24, 2.45) is 33.5 Å². The Morgan fingerprint density at radius 2 is 1.19 bits per heavy atom. The van der Waals surface area contributed by atoms with Gasteiger partial charge in [0.25, 0.3) is 0 Å². The van der Waals surface area contributed by atoms with Crippen molar-refractivity contribution >= 4 is 23.9 Å². The van der Waals surface area contributed by atoms with Gasteiger partial charge in [-0.05, 0) is 119 Å². The fourth-order valence-corrected chi connectivity index (χ4v) is 8.59. The zero-order chi connectivity index (χ0) is 40.5. The van der Waals surface area contributed by atoms with E-state index in [4.69, 9.17) is 18.9 Å². The minimum absolute atomic E-state index is 0.0458. The van der Waals surface area contributed by atoms with Crippen LogP contribution >= 0.6 is 0 Å². The van der Waals surface area contributed by atoms with Crippen LogP contribution in [0, 0.1) is 33.5 Å². The van der Waals surface area contributed by atoms with Gasteiger partial charge in [-0.1, -0.05) is 53.9 Å². The smallest absolute Gasteiger partial charge is 0.348 e. The summed E-state index contributed by atoms with van der Waals surface area (Å²) in [6, 6.07) is 0. The highest BCUT2D eigenvalue weighted by Crippen LogP contribution is 2.60. The monoisotopic (exact) mass is 751 g/mol. The molecular formula is C43H74O10. The van der Waals surface area contributed by atoms with Gasteiger partial charge in [-0.3, -0.25) is 14.4 Å². The SMILES string of the molecule is CCC(C)(C)C(=O)OC(C)(C)C1CCCCC1.CCC(C)(C)C(=O)OC12CC3CC(O)(CC(O)(C3)C1)C2.CCC(C)(C)C(=O)OC1C(=O)OCC1(C)C. The van der Waals surface area contributed by atoms with Crippen molar-refractivity contribution in [3.8, 4) is 0 Å². The normalized spacial score (nSPS) is 31.0. The first kappa shape index (κ1) is 45.2. The lowest BCUT2D eigenvalue weighted by atomic mass is 9.50. The Kier molecular flexibility index (Phi) is 13.7. The molecule has 2 N–H and O–H groups in total. The summed E-state index contributed by atoms with van der Waals surface area (Å²) in [5.41, 5.74) is -4.48. The lowest BCUT2D eigenvalue weighted by molar-refractivity contribution is -0.264. The molecule has 3 unspecified atom stereocenters. The predicted octanol–water partition coefficient (Wildman–Crippen LogP) is 8.41. The summed E-state index contributed by atoms with van der Waals surface area (Å²) in [5.74, 6) is -0.214. The fraction of sp³-hybridized carbons (Fsp3) is 0.907. The molecule has 0 aromatic carbocycles. The van der Waals surface area contributed by atoms with Gasteiger partial charge in [-0.2, -0.15) is 0 Å². The molecule has 6 aliphatic rings. The molecule has 4 bridgehead atoms. The van der Waals surface area contributed by atoms with Crippen molar-refractivity contribution in [3.05, 3.63) is 0 Å². The number of carbonyl (C=O) groups is 4. The first-order valence-corrected chi connectivity index (χ1v) is 20.4. The van der Waals surface area contributed by atoms with Crippen molar-refractivity contribution in [2.45, 2.75) is 208 Å². The predicted molar refractivity (Wildman–Crippen MR) is 203 cm³/mol. The standard InChI is InChI=1S/C16H26O4.C15H28O2.C12H20O4/c1-4-13(2,3)12(17)20-16-7-11-5-14(18,9-16)8-15(19,6-11)10-16;1-6-14(2,3)13(16)17-15(4,5)12-10-8-7-9-11-12;1-6-11(2,3)10(14)16-8-9(13)15-7-12(8,4)5/h11,18-19H,4-10H2,1-3H3;12H,6-11H2,1-5H3;8H,6-7H2,1-5H3. The van der Waals surface area contributed by atoms with E-state index in [1.54, 1.807) is 0 Å². The average molecular weight is 751 g/mol. The molecule has 0 spiro atoms. The van der Waals surface area contributed by atoms with Gasteiger partial charge in [0.15, 0.2) is 0 Å². The topological polar surface area (TPSA) is 146 Å². The summed E-state index contributed by atoms with van der Waals surface area (Å²) in [6.07, 6.45) is 11.4. The Balaban J connectivity index is 0.000000216. The Bertz CT molecular complexity index is 1300. The molecule has 53 heavy (non-hydrogen) atoms. The summed E-state index contributed by atoms with van der Waals surface area (Å²) >= 11 is 0. The van der Waals surface area contributed by atoms with E-state index in [0.717, 1.165) is 32.1 Å². The Morgan fingerprint density at radius 1 is 0.717 bits per heavy atom. The molecule has 1 aliphatic heterocycles. The molecule has 3 atom stereocenters. The van der Waals surface area contributed by atoms with E-state index >= 15 is 0 Å². The quantitative estimate of drug-likeness (QED) is 0.165. The summed E-state index contributed by atoms with van der Waals surface area (Å²) in [4.78, 5) is 47.8. The minimum Gasteiger partial charge on any atom is -0.462 e. The molecule has 0 aromatic rings. The van der Waals surface area contributed by atoms with Gasteiger partial charge in [0.05, 0.1) is 27.4 Å². The number of rotatable bonds is 10. The molecule has 1 saturated heterocycles. The third kappa shape index (κ3) is 11.0. The van der Waals surface area contributed by atoms with Crippen LogP contribution in [-0.2, 0) is 38.1 Å². The third-order valence-corrected chi connectivity index (χ3v) is 13.3. The van der Waals surface area contributed by atoms with Crippen molar-refractivity contribution in [1.29, 1.82) is 0 Å². The van der Waals surface area contributed by atoms with Crippen LogP contribution in [0.4, 0.5) is 0 Å². The van der Waals surface area contributed by atoms with E-state index in [9.17, 15) is 29.4 Å². The fourth-order valence-electron chi connectivity index (χ4n) is 8.59.